The van der Waals surface area contributed by atoms with Crippen LogP contribution in [0, 0.1) is 0 Å². The van der Waals surface area contributed by atoms with Gasteiger partial charge in [-0.2, -0.15) is 0 Å². The first-order valence-electron chi connectivity index (χ1n) is 34.1. The fraction of sp³-hybridized carbons (Fsp3) is 0.871. The number of carboxylic acid groups (broad SMARTS) is 1. The summed E-state index contributed by atoms with van der Waals surface area (Å²) in [5, 5.41) is 11.8. The largest absolute Gasteiger partial charge is 0.545 e. The van der Waals surface area contributed by atoms with Crippen LogP contribution in [0.1, 0.15) is 335 Å². The predicted octanol–water partition coefficient (Wildman–Crippen LogP) is 19.5. The van der Waals surface area contributed by atoms with Crippen LogP contribution in [0.5, 0.6) is 0 Å². The molecule has 0 aliphatic carbocycles. The van der Waals surface area contributed by atoms with Gasteiger partial charge in [0, 0.05) is 12.8 Å². The molecule has 0 aromatic heterocycles. The van der Waals surface area contributed by atoms with Crippen molar-refractivity contribution in [2.24, 2.45) is 0 Å². The van der Waals surface area contributed by atoms with Crippen molar-refractivity contribution in [3.63, 3.8) is 0 Å². The Morgan fingerprint density at radius 2 is 0.684 bits per heavy atom. The highest BCUT2D eigenvalue weighted by Crippen LogP contribution is 2.18. The number of allylic oxidation sites excluding steroid dienone is 6. The lowest BCUT2D eigenvalue weighted by Crippen LogP contribution is -2.44. The van der Waals surface area contributed by atoms with Crippen molar-refractivity contribution >= 4 is 17.9 Å². The van der Waals surface area contributed by atoms with Crippen LogP contribution in [-0.4, -0.2) is 82.3 Å². The molecule has 9 heteroatoms. The van der Waals surface area contributed by atoms with Crippen molar-refractivity contribution in [3.05, 3.63) is 36.5 Å². The molecular formula is C70H131NO8. The highest BCUT2D eigenvalue weighted by Gasteiger charge is 2.22. The molecule has 0 N–H and O–H groups in total. The molecule has 2 unspecified atom stereocenters. The number of aliphatic carboxylic acids is 1. The summed E-state index contributed by atoms with van der Waals surface area (Å²) in [4.78, 5) is 37.5. The van der Waals surface area contributed by atoms with Gasteiger partial charge < -0.3 is 33.3 Å². The minimum absolute atomic E-state index is 0.149. The summed E-state index contributed by atoms with van der Waals surface area (Å²) in [6, 6.07) is 0. The molecule has 0 rings (SSSR count). The van der Waals surface area contributed by atoms with Gasteiger partial charge in [-0.3, -0.25) is 9.59 Å². The van der Waals surface area contributed by atoms with E-state index < -0.39 is 24.3 Å². The number of carbonyl (C=O) groups is 3. The average molecular weight is 1110 g/mol. The van der Waals surface area contributed by atoms with Crippen molar-refractivity contribution in [3.8, 4) is 0 Å². The second-order valence-electron chi connectivity index (χ2n) is 24.5. The topological polar surface area (TPSA) is 111 Å². The van der Waals surface area contributed by atoms with Gasteiger partial charge in [0.05, 0.1) is 40.3 Å². The number of hydrogen-bond donors (Lipinski definition) is 0. The molecule has 0 radical (unpaired) electrons. The molecule has 79 heavy (non-hydrogen) atoms. The fourth-order valence-corrected chi connectivity index (χ4v) is 10.1. The van der Waals surface area contributed by atoms with E-state index in [4.69, 9.17) is 18.9 Å². The normalized spacial score (nSPS) is 12.9. The third-order valence-electron chi connectivity index (χ3n) is 15.4. The van der Waals surface area contributed by atoms with E-state index >= 15 is 0 Å². The van der Waals surface area contributed by atoms with Crippen LogP contribution in [0.2, 0.25) is 0 Å². The van der Waals surface area contributed by atoms with E-state index in [1.54, 1.807) is 0 Å². The second kappa shape index (κ2) is 61.6. The van der Waals surface area contributed by atoms with Crippen molar-refractivity contribution in [2.75, 3.05) is 47.5 Å². The maximum atomic E-state index is 12.9. The van der Waals surface area contributed by atoms with Crippen LogP contribution in [0.15, 0.2) is 36.5 Å². The summed E-state index contributed by atoms with van der Waals surface area (Å²) < 4.78 is 22.8. The molecule has 9 nitrogen and oxygen atoms in total. The average Bonchev–Trinajstić information content (AvgIpc) is 3.42. The maximum Gasteiger partial charge on any atom is 0.306 e. The Morgan fingerprint density at radius 3 is 1.01 bits per heavy atom. The van der Waals surface area contributed by atoms with Gasteiger partial charge in [0.15, 0.2) is 12.4 Å². The molecule has 464 valence electrons. The van der Waals surface area contributed by atoms with Crippen molar-refractivity contribution < 1.29 is 42.9 Å². The molecule has 0 fully saturated rings. The molecule has 0 aromatic rings. The van der Waals surface area contributed by atoms with E-state index in [0.717, 1.165) is 51.4 Å². The summed E-state index contributed by atoms with van der Waals surface area (Å²) in [5.74, 6) is -2.26. The molecule has 0 aromatic carbocycles. The molecule has 0 heterocycles. The van der Waals surface area contributed by atoms with Crippen LogP contribution >= 0.6 is 0 Å². The summed E-state index contributed by atoms with van der Waals surface area (Å²) in [5.41, 5.74) is 0. The Labute approximate surface area is 490 Å². The summed E-state index contributed by atoms with van der Waals surface area (Å²) in [6.45, 7) is 4.80. The third kappa shape index (κ3) is 63.0. The van der Waals surface area contributed by atoms with Gasteiger partial charge >= 0.3 is 11.9 Å². The Balaban J connectivity index is 4.11. The minimum Gasteiger partial charge on any atom is -0.545 e. The first-order chi connectivity index (χ1) is 38.6. The quantitative estimate of drug-likeness (QED) is 0.0195. The lowest BCUT2D eigenvalue weighted by molar-refractivity contribution is -0.870. The molecular weight excluding hydrogens is 983 g/mol. The van der Waals surface area contributed by atoms with Gasteiger partial charge in [0.2, 0.25) is 0 Å². The number of carboxylic acids is 1. The highest BCUT2D eigenvalue weighted by molar-refractivity contribution is 5.70. The van der Waals surface area contributed by atoms with E-state index in [0.29, 0.717) is 23.9 Å². The van der Waals surface area contributed by atoms with Gasteiger partial charge in [0.25, 0.3) is 0 Å². The Bertz CT molecular complexity index is 1390. The zero-order valence-corrected chi connectivity index (χ0v) is 53.0. The summed E-state index contributed by atoms with van der Waals surface area (Å²) >= 11 is 0. The number of carbonyl (C=O) groups excluding carboxylic acids is 3. The first kappa shape index (κ1) is 76.5. The zero-order valence-electron chi connectivity index (χ0n) is 53.0. The minimum atomic E-state index is -1.62. The highest BCUT2D eigenvalue weighted by atomic mass is 16.7. The molecule has 0 saturated heterocycles. The first-order valence-corrected chi connectivity index (χ1v) is 34.1. The van der Waals surface area contributed by atoms with E-state index in [1.165, 1.54) is 250 Å². The lowest BCUT2D eigenvalue weighted by atomic mass is 10.0. The standard InChI is InChI=1S/C70H131NO8/c1-6-8-10-12-14-16-18-20-22-24-26-28-30-32-34-36-38-40-42-44-46-48-50-52-54-56-58-60-67(72)77-64-66(65-78-70(69(74)75)76-63-62-71(3,4)5)79-68(73)61-59-57-55-53-51-49-47-45-43-41-39-37-35-33-31-29-27-25-23-21-19-17-15-13-11-9-7-2/h19,21,25,27,31,33,66,70H,6-18,20,22-24,26,28-30,32,34-65H2,1-5H3/b21-19-,27-25-,33-31-. The molecule has 0 amide bonds. The Kier molecular flexibility index (Phi) is 59.6. The van der Waals surface area contributed by atoms with Crippen LogP contribution in [0.3, 0.4) is 0 Å². The lowest BCUT2D eigenvalue weighted by Gasteiger charge is -2.26. The van der Waals surface area contributed by atoms with E-state index in [-0.39, 0.29) is 32.2 Å². The van der Waals surface area contributed by atoms with E-state index in [1.807, 2.05) is 21.1 Å². The van der Waals surface area contributed by atoms with Gasteiger partial charge in [-0.25, -0.2) is 0 Å². The number of unbranched alkanes of at least 4 members (excludes halogenated alkanes) is 43. The number of rotatable bonds is 64. The predicted molar refractivity (Wildman–Crippen MR) is 334 cm³/mol. The smallest absolute Gasteiger partial charge is 0.306 e. The zero-order chi connectivity index (χ0) is 57.6. The molecule has 0 bridgehead atoms. The SMILES string of the molecule is CCCCCCC/C=C\C/C=C\C/C=C\CCCCCCCCCCCCCCC(=O)OC(COC(=O)CCCCCCCCCCCCCCCCCCCCCCCCCCCCC)COC(OCC[N+](C)(C)C)C(=O)[O-]. The molecule has 0 aliphatic heterocycles. The maximum absolute atomic E-state index is 12.9. The Morgan fingerprint density at radius 1 is 0.380 bits per heavy atom. The number of likely N-dealkylation sites (N-methyl/N-ethyl adjacent to an activating group) is 1. The van der Waals surface area contributed by atoms with Gasteiger partial charge in [-0.15, -0.1) is 0 Å². The van der Waals surface area contributed by atoms with Crippen LogP contribution in [-0.2, 0) is 33.3 Å². The number of ether oxygens (including phenoxy) is 4. The van der Waals surface area contributed by atoms with Crippen molar-refractivity contribution in [2.45, 2.75) is 347 Å². The third-order valence-corrected chi connectivity index (χ3v) is 15.4. The number of nitrogens with zero attached hydrogens (tertiary/aromatic N) is 1. The van der Waals surface area contributed by atoms with Crippen molar-refractivity contribution in [1.29, 1.82) is 0 Å². The van der Waals surface area contributed by atoms with Crippen molar-refractivity contribution in [1.82, 2.24) is 0 Å². The second-order valence-corrected chi connectivity index (χ2v) is 24.5. The van der Waals surface area contributed by atoms with Crippen LogP contribution in [0.4, 0.5) is 0 Å². The van der Waals surface area contributed by atoms with E-state index in [9.17, 15) is 19.5 Å². The number of hydrogen-bond acceptors (Lipinski definition) is 8. The molecule has 0 spiro atoms. The Hall–Kier alpha value is -2.49. The van der Waals surface area contributed by atoms with Gasteiger partial charge in [0.1, 0.15) is 13.2 Å². The van der Waals surface area contributed by atoms with Crippen LogP contribution in [0.25, 0.3) is 0 Å². The van der Waals surface area contributed by atoms with Gasteiger partial charge in [-0.05, 0) is 51.4 Å². The molecule has 0 aliphatic rings. The number of esters is 2. The summed E-state index contributed by atoms with van der Waals surface area (Å²) in [7, 11) is 5.94. The monoisotopic (exact) mass is 1110 g/mol. The van der Waals surface area contributed by atoms with Gasteiger partial charge in [-0.1, -0.05) is 307 Å². The molecule has 2 atom stereocenters. The molecule has 0 saturated carbocycles. The number of quaternary nitrogens is 1. The summed E-state index contributed by atoms with van der Waals surface area (Å²) in [6.07, 6.45) is 73.6. The fourth-order valence-electron chi connectivity index (χ4n) is 10.1. The van der Waals surface area contributed by atoms with E-state index in [2.05, 4.69) is 50.3 Å². The van der Waals surface area contributed by atoms with Crippen LogP contribution < -0.4 is 5.11 Å².